The van der Waals surface area contributed by atoms with Crippen LogP contribution in [0.2, 0.25) is 0 Å². The molecule has 0 radical (unpaired) electrons. The molecular formula is C19H27NO3. The Balaban J connectivity index is 1.54. The Kier molecular flexibility index (Phi) is 5.21. The van der Waals surface area contributed by atoms with E-state index in [4.69, 9.17) is 9.47 Å². The summed E-state index contributed by atoms with van der Waals surface area (Å²) in [5.41, 5.74) is 0.543. The van der Waals surface area contributed by atoms with E-state index in [1.165, 1.54) is 39.5 Å². The lowest BCUT2D eigenvalue weighted by Crippen LogP contribution is -2.47. The van der Waals surface area contributed by atoms with Gasteiger partial charge in [0.1, 0.15) is 5.75 Å². The summed E-state index contributed by atoms with van der Waals surface area (Å²) in [5.74, 6) is 2.89. The monoisotopic (exact) mass is 317 g/mol. The van der Waals surface area contributed by atoms with Crippen molar-refractivity contribution in [1.82, 2.24) is 4.90 Å². The van der Waals surface area contributed by atoms with E-state index in [1.807, 2.05) is 12.1 Å². The molecule has 0 spiro atoms. The summed E-state index contributed by atoms with van der Waals surface area (Å²) in [6, 6.07) is 7.26. The molecule has 2 bridgehead atoms. The molecule has 1 aromatic rings. The molecule has 0 amide bonds. The van der Waals surface area contributed by atoms with E-state index in [1.54, 1.807) is 12.1 Å². The molecule has 2 aliphatic rings. The smallest absolute Gasteiger partial charge is 0.337 e. The summed E-state index contributed by atoms with van der Waals surface area (Å²) in [5, 5.41) is 0. The zero-order valence-electron chi connectivity index (χ0n) is 14.2. The van der Waals surface area contributed by atoms with Crippen LogP contribution in [0.1, 0.15) is 36.0 Å². The summed E-state index contributed by atoms with van der Waals surface area (Å²) in [6.45, 7) is 3.20. The summed E-state index contributed by atoms with van der Waals surface area (Å²) >= 11 is 0. The van der Waals surface area contributed by atoms with E-state index in [9.17, 15) is 4.79 Å². The van der Waals surface area contributed by atoms with E-state index in [0.717, 1.165) is 36.5 Å². The third-order valence-corrected chi connectivity index (χ3v) is 5.43. The van der Waals surface area contributed by atoms with Gasteiger partial charge in [0, 0.05) is 13.1 Å². The highest BCUT2D eigenvalue weighted by Gasteiger charge is 2.37. The second kappa shape index (κ2) is 7.35. The number of methoxy groups -OCH3 is 1. The van der Waals surface area contributed by atoms with Crippen molar-refractivity contribution in [1.29, 1.82) is 0 Å². The van der Waals surface area contributed by atoms with Gasteiger partial charge in [-0.25, -0.2) is 4.79 Å². The van der Waals surface area contributed by atoms with Crippen LogP contribution in [-0.4, -0.2) is 44.7 Å². The van der Waals surface area contributed by atoms with E-state index >= 15 is 0 Å². The number of benzene rings is 1. The fourth-order valence-corrected chi connectivity index (χ4v) is 4.40. The largest absolute Gasteiger partial charge is 0.494 e. The van der Waals surface area contributed by atoms with Crippen molar-refractivity contribution in [3.8, 4) is 5.75 Å². The first-order valence-electron chi connectivity index (χ1n) is 8.67. The maximum absolute atomic E-state index is 11.6. The van der Waals surface area contributed by atoms with Gasteiger partial charge in [0.05, 0.1) is 19.3 Å². The number of esters is 1. The molecule has 1 aromatic carbocycles. The number of hydrogen-bond acceptors (Lipinski definition) is 4. The molecule has 126 valence electrons. The predicted octanol–water partition coefficient (Wildman–Crippen LogP) is 3.22. The number of fused-ring (bicyclic) bond motifs is 2. The molecule has 2 unspecified atom stereocenters. The Hall–Kier alpha value is -1.55. The van der Waals surface area contributed by atoms with Crippen molar-refractivity contribution in [2.75, 3.05) is 33.9 Å². The maximum atomic E-state index is 11.6. The average molecular weight is 317 g/mol. The number of likely N-dealkylation sites (tertiary alicyclic amines) is 1. The Morgan fingerprint density at radius 2 is 2.00 bits per heavy atom. The maximum Gasteiger partial charge on any atom is 0.337 e. The molecule has 1 saturated heterocycles. The molecule has 1 saturated carbocycles. The topological polar surface area (TPSA) is 38.8 Å². The SMILES string of the molecule is COC(=O)c1cccc(OCCC2C3CCCC2CN(C)C3)c1. The quantitative estimate of drug-likeness (QED) is 0.782. The van der Waals surface area contributed by atoms with Crippen LogP contribution in [0, 0.1) is 17.8 Å². The first kappa shape index (κ1) is 16.3. The third kappa shape index (κ3) is 3.86. The van der Waals surface area contributed by atoms with Crippen molar-refractivity contribution in [3.63, 3.8) is 0 Å². The average Bonchev–Trinajstić information content (AvgIpc) is 2.55. The Morgan fingerprint density at radius 3 is 2.70 bits per heavy atom. The van der Waals surface area contributed by atoms with Crippen molar-refractivity contribution in [2.24, 2.45) is 17.8 Å². The van der Waals surface area contributed by atoms with Gasteiger partial charge in [0.15, 0.2) is 0 Å². The van der Waals surface area contributed by atoms with E-state index < -0.39 is 0 Å². The first-order chi connectivity index (χ1) is 11.2. The van der Waals surface area contributed by atoms with Gasteiger partial charge >= 0.3 is 5.97 Å². The van der Waals surface area contributed by atoms with E-state index in [2.05, 4.69) is 11.9 Å². The highest BCUT2D eigenvalue weighted by molar-refractivity contribution is 5.89. The molecule has 0 N–H and O–H groups in total. The second-order valence-electron chi connectivity index (χ2n) is 6.99. The van der Waals surface area contributed by atoms with Gasteiger partial charge in [-0.3, -0.25) is 0 Å². The summed E-state index contributed by atoms with van der Waals surface area (Å²) in [7, 11) is 3.64. The fourth-order valence-electron chi connectivity index (χ4n) is 4.40. The van der Waals surface area contributed by atoms with Crippen molar-refractivity contribution < 1.29 is 14.3 Å². The summed E-state index contributed by atoms with van der Waals surface area (Å²) < 4.78 is 10.7. The molecule has 3 rings (SSSR count). The molecule has 0 aromatic heterocycles. The third-order valence-electron chi connectivity index (χ3n) is 5.43. The van der Waals surface area contributed by atoms with Crippen LogP contribution in [0.4, 0.5) is 0 Å². The lowest BCUT2D eigenvalue weighted by Gasteiger charge is -2.46. The lowest BCUT2D eigenvalue weighted by atomic mass is 9.68. The molecule has 4 nitrogen and oxygen atoms in total. The number of piperidine rings is 1. The van der Waals surface area contributed by atoms with Crippen LogP contribution >= 0.6 is 0 Å². The van der Waals surface area contributed by atoms with Gasteiger partial charge in [-0.15, -0.1) is 0 Å². The van der Waals surface area contributed by atoms with Gasteiger partial charge < -0.3 is 14.4 Å². The van der Waals surface area contributed by atoms with Crippen LogP contribution in [0.3, 0.4) is 0 Å². The van der Waals surface area contributed by atoms with Gasteiger partial charge in [-0.2, -0.15) is 0 Å². The van der Waals surface area contributed by atoms with Crippen LogP contribution in [0.25, 0.3) is 0 Å². The molecule has 4 heteroatoms. The lowest BCUT2D eigenvalue weighted by molar-refractivity contribution is 0.0247. The second-order valence-corrected chi connectivity index (χ2v) is 6.99. The molecule has 1 aliphatic heterocycles. The minimum absolute atomic E-state index is 0.319. The van der Waals surface area contributed by atoms with Crippen LogP contribution in [-0.2, 0) is 4.74 Å². The minimum atomic E-state index is -0.319. The number of carbonyl (C=O) groups is 1. The van der Waals surface area contributed by atoms with Crippen molar-refractivity contribution in [2.45, 2.75) is 25.7 Å². The van der Waals surface area contributed by atoms with Gasteiger partial charge in [0.25, 0.3) is 0 Å². The Bertz CT molecular complexity index is 531. The minimum Gasteiger partial charge on any atom is -0.494 e. The van der Waals surface area contributed by atoms with Crippen LogP contribution < -0.4 is 4.74 Å². The standard InChI is InChI=1S/C19H27NO3/c1-20-12-15-6-3-7-16(13-20)18(15)9-10-23-17-8-4-5-14(11-17)19(21)22-2/h4-5,8,11,15-16,18H,3,6-7,9-10,12-13H2,1-2H3. The zero-order valence-corrected chi connectivity index (χ0v) is 14.2. The Morgan fingerprint density at radius 1 is 1.26 bits per heavy atom. The molecule has 23 heavy (non-hydrogen) atoms. The molecule has 1 heterocycles. The normalized spacial score (nSPS) is 27.5. The predicted molar refractivity (Wildman–Crippen MR) is 89.7 cm³/mol. The van der Waals surface area contributed by atoms with E-state index in [0.29, 0.717) is 5.56 Å². The highest BCUT2D eigenvalue weighted by atomic mass is 16.5. The van der Waals surface area contributed by atoms with Crippen LogP contribution in [0.5, 0.6) is 5.75 Å². The number of nitrogens with zero attached hydrogens (tertiary/aromatic N) is 1. The van der Waals surface area contributed by atoms with Crippen molar-refractivity contribution >= 4 is 5.97 Å². The van der Waals surface area contributed by atoms with Crippen molar-refractivity contribution in [3.05, 3.63) is 29.8 Å². The van der Waals surface area contributed by atoms with E-state index in [-0.39, 0.29) is 5.97 Å². The molecule has 1 aliphatic carbocycles. The van der Waals surface area contributed by atoms with Crippen LogP contribution in [0.15, 0.2) is 24.3 Å². The van der Waals surface area contributed by atoms with Gasteiger partial charge in [-0.1, -0.05) is 12.5 Å². The summed E-state index contributed by atoms with van der Waals surface area (Å²) in [6.07, 6.45) is 5.24. The highest BCUT2D eigenvalue weighted by Crippen LogP contribution is 2.41. The van der Waals surface area contributed by atoms with Gasteiger partial charge in [-0.05, 0) is 62.3 Å². The zero-order chi connectivity index (χ0) is 16.2. The molecule has 2 atom stereocenters. The van der Waals surface area contributed by atoms with Gasteiger partial charge in [0.2, 0.25) is 0 Å². The molecule has 2 fully saturated rings. The summed E-state index contributed by atoms with van der Waals surface area (Å²) in [4.78, 5) is 14.1. The number of rotatable bonds is 5. The fraction of sp³-hybridized carbons (Fsp3) is 0.632. The molecular weight excluding hydrogens is 290 g/mol. The number of hydrogen-bond donors (Lipinski definition) is 0. The number of ether oxygens (including phenoxy) is 2. The number of carbonyl (C=O) groups excluding carboxylic acids is 1. The first-order valence-corrected chi connectivity index (χ1v) is 8.67. The Labute approximate surface area is 138 Å².